The fourth-order valence-electron chi connectivity index (χ4n) is 4.43. The van der Waals surface area contributed by atoms with Crippen molar-refractivity contribution in [2.24, 2.45) is 28.8 Å². The molecule has 4 rings (SSSR count). The number of methoxy groups -OCH3 is 1. The van der Waals surface area contributed by atoms with E-state index in [-0.39, 0.29) is 40.7 Å². The van der Waals surface area contributed by atoms with E-state index in [0.29, 0.717) is 0 Å². The van der Waals surface area contributed by atoms with Crippen molar-refractivity contribution in [2.45, 2.75) is 19.4 Å². The number of fused-ring (bicyclic) bond motifs is 5. The first-order chi connectivity index (χ1) is 14.3. The Bertz CT molecular complexity index is 972. The number of hydrogen-bond acceptors (Lipinski definition) is 8. The molecule has 1 aromatic carbocycles. The molecule has 1 aliphatic heterocycles. The molecule has 2 bridgehead atoms. The Labute approximate surface area is 171 Å². The highest BCUT2D eigenvalue weighted by Gasteiger charge is 2.59. The molecule has 5 atom stereocenters. The summed E-state index contributed by atoms with van der Waals surface area (Å²) in [4.78, 5) is 47.9. The van der Waals surface area contributed by atoms with Crippen LogP contribution in [0, 0.1) is 33.8 Å². The number of benzene rings is 1. The molecule has 30 heavy (non-hydrogen) atoms. The summed E-state index contributed by atoms with van der Waals surface area (Å²) < 4.78 is 10.1. The number of hydrogen-bond donors (Lipinski definition) is 0. The molecule has 1 aromatic rings. The number of rotatable bonds is 6. The summed E-state index contributed by atoms with van der Waals surface area (Å²) in [5.41, 5.74) is -0.230. The molecular formula is C20H19N3O7. The number of nitro groups is 1. The Kier molecular flexibility index (Phi) is 4.84. The highest BCUT2D eigenvalue weighted by atomic mass is 16.6. The van der Waals surface area contributed by atoms with Crippen LogP contribution in [0.5, 0.6) is 5.75 Å². The number of carbonyl (C=O) groups is 3. The van der Waals surface area contributed by atoms with Gasteiger partial charge in [-0.05, 0) is 31.2 Å². The molecule has 2 amide bonds. The summed E-state index contributed by atoms with van der Waals surface area (Å²) in [6.07, 6.45) is 4.81. The third kappa shape index (κ3) is 3.04. The van der Waals surface area contributed by atoms with E-state index in [9.17, 15) is 24.5 Å². The summed E-state index contributed by atoms with van der Waals surface area (Å²) in [6, 6.07) is 4.12. The second-order valence-electron chi connectivity index (χ2n) is 7.47. The zero-order valence-electron chi connectivity index (χ0n) is 16.3. The number of hydrazone groups is 1. The molecule has 3 aliphatic rings. The molecule has 0 spiro atoms. The van der Waals surface area contributed by atoms with Gasteiger partial charge in [-0.15, -0.1) is 0 Å². The average Bonchev–Trinajstić information content (AvgIpc) is 3.40. The normalized spacial score (nSPS) is 27.6. The van der Waals surface area contributed by atoms with Crippen molar-refractivity contribution in [3.63, 3.8) is 0 Å². The van der Waals surface area contributed by atoms with Crippen LogP contribution in [0.25, 0.3) is 0 Å². The fraction of sp³-hybridized carbons (Fsp3) is 0.400. The second-order valence-corrected chi connectivity index (χ2v) is 7.47. The summed E-state index contributed by atoms with van der Waals surface area (Å²) in [7, 11) is 1.17. The number of para-hydroxylation sites is 1. The molecule has 0 aromatic heterocycles. The van der Waals surface area contributed by atoms with Crippen LogP contribution in [0.15, 0.2) is 35.5 Å². The Morgan fingerprint density at radius 3 is 2.47 bits per heavy atom. The van der Waals surface area contributed by atoms with E-state index in [1.165, 1.54) is 38.4 Å². The highest BCUT2D eigenvalue weighted by Crippen LogP contribution is 2.52. The third-order valence-electron chi connectivity index (χ3n) is 5.81. The third-order valence-corrected chi connectivity index (χ3v) is 5.81. The molecule has 10 heteroatoms. The number of carbonyl (C=O) groups excluding carboxylic acids is 3. The van der Waals surface area contributed by atoms with Crippen LogP contribution in [0.3, 0.4) is 0 Å². The molecule has 156 valence electrons. The SMILES string of the molecule is COC(=O)C(C)Oc1c(C=NN2C(=O)C3C4C=CC(C4)C3C2=O)cccc1[N+](=O)[O-]. The van der Waals surface area contributed by atoms with E-state index >= 15 is 0 Å². The van der Waals surface area contributed by atoms with Crippen molar-refractivity contribution in [3.05, 3.63) is 46.0 Å². The van der Waals surface area contributed by atoms with Gasteiger partial charge in [-0.3, -0.25) is 19.7 Å². The molecule has 2 aliphatic carbocycles. The summed E-state index contributed by atoms with van der Waals surface area (Å²) >= 11 is 0. The first-order valence-corrected chi connectivity index (χ1v) is 9.45. The Hall–Kier alpha value is -3.56. The van der Waals surface area contributed by atoms with Crippen molar-refractivity contribution < 1.29 is 28.8 Å². The molecule has 5 unspecified atom stereocenters. The number of imide groups is 1. The molecule has 1 saturated heterocycles. The van der Waals surface area contributed by atoms with Crippen LogP contribution in [-0.4, -0.2) is 47.1 Å². The molecule has 0 radical (unpaired) electrons. The van der Waals surface area contributed by atoms with Gasteiger partial charge in [0, 0.05) is 11.6 Å². The minimum Gasteiger partial charge on any atom is -0.471 e. The van der Waals surface area contributed by atoms with Gasteiger partial charge in [0.2, 0.25) is 5.75 Å². The van der Waals surface area contributed by atoms with Crippen LogP contribution < -0.4 is 4.74 Å². The highest BCUT2D eigenvalue weighted by molar-refractivity contribution is 6.07. The van der Waals surface area contributed by atoms with Crippen molar-refractivity contribution in [3.8, 4) is 5.75 Å². The van der Waals surface area contributed by atoms with Crippen molar-refractivity contribution in [2.75, 3.05) is 7.11 Å². The standard InChI is InChI=1S/C20H19N3O7/c1-10(20(26)29-2)30-17-13(4-3-5-14(17)23(27)28)9-21-22-18(24)15-11-6-7-12(8-11)16(15)19(22)25/h3-7,9-12,15-16H,8H2,1-2H3. The lowest BCUT2D eigenvalue weighted by Crippen LogP contribution is -2.28. The quantitative estimate of drug-likeness (QED) is 0.173. The lowest BCUT2D eigenvalue weighted by Gasteiger charge is -2.15. The van der Waals surface area contributed by atoms with Gasteiger partial charge in [-0.2, -0.15) is 10.1 Å². The minimum atomic E-state index is -1.11. The number of ether oxygens (including phenoxy) is 2. The van der Waals surface area contributed by atoms with Gasteiger partial charge >= 0.3 is 11.7 Å². The molecule has 0 N–H and O–H groups in total. The van der Waals surface area contributed by atoms with Crippen molar-refractivity contribution >= 4 is 29.7 Å². The summed E-state index contributed by atoms with van der Waals surface area (Å²) in [5, 5.41) is 16.3. The molecule has 1 saturated carbocycles. The lowest BCUT2D eigenvalue weighted by atomic mass is 9.85. The van der Waals surface area contributed by atoms with Gasteiger partial charge in [0.15, 0.2) is 6.10 Å². The smallest absolute Gasteiger partial charge is 0.346 e. The van der Waals surface area contributed by atoms with E-state index in [1.807, 2.05) is 12.2 Å². The van der Waals surface area contributed by atoms with Gasteiger partial charge in [0.25, 0.3) is 11.8 Å². The van der Waals surface area contributed by atoms with Crippen molar-refractivity contribution in [1.29, 1.82) is 0 Å². The van der Waals surface area contributed by atoms with Gasteiger partial charge < -0.3 is 9.47 Å². The number of amides is 2. The maximum atomic E-state index is 12.7. The first-order valence-electron chi connectivity index (χ1n) is 9.45. The van der Waals surface area contributed by atoms with Crippen LogP contribution in [0.4, 0.5) is 5.69 Å². The van der Waals surface area contributed by atoms with Crippen molar-refractivity contribution in [1.82, 2.24) is 5.01 Å². The monoisotopic (exact) mass is 413 g/mol. The summed E-state index contributed by atoms with van der Waals surface area (Å²) in [5.74, 6) is -2.34. The van der Waals surface area contributed by atoms with E-state index < -0.39 is 28.8 Å². The molecule has 10 nitrogen and oxygen atoms in total. The minimum absolute atomic E-state index is 0.0502. The van der Waals surface area contributed by atoms with E-state index in [2.05, 4.69) is 9.84 Å². The Balaban J connectivity index is 1.63. The largest absolute Gasteiger partial charge is 0.471 e. The second kappa shape index (κ2) is 7.36. The van der Waals surface area contributed by atoms with Gasteiger partial charge in [0.1, 0.15) is 0 Å². The number of nitrogens with zero attached hydrogens (tertiary/aromatic N) is 3. The topological polar surface area (TPSA) is 128 Å². The zero-order valence-corrected chi connectivity index (χ0v) is 16.3. The maximum absolute atomic E-state index is 12.7. The zero-order chi connectivity index (χ0) is 21.6. The fourth-order valence-corrected chi connectivity index (χ4v) is 4.43. The van der Waals surface area contributed by atoms with Crippen LogP contribution in [0.1, 0.15) is 18.9 Å². The lowest BCUT2D eigenvalue weighted by molar-refractivity contribution is -0.386. The van der Waals surface area contributed by atoms with Crippen LogP contribution in [-0.2, 0) is 19.1 Å². The Morgan fingerprint density at radius 1 is 1.27 bits per heavy atom. The van der Waals surface area contributed by atoms with Gasteiger partial charge in [-0.1, -0.05) is 18.2 Å². The molecular weight excluding hydrogens is 394 g/mol. The number of esters is 1. The van der Waals surface area contributed by atoms with Crippen LogP contribution in [0.2, 0.25) is 0 Å². The molecule has 2 fully saturated rings. The van der Waals surface area contributed by atoms with E-state index in [4.69, 9.17) is 4.74 Å². The Morgan fingerprint density at radius 2 is 1.90 bits per heavy atom. The van der Waals surface area contributed by atoms with Crippen LogP contribution >= 0.6 is 0 Å². The van der Waals surface area contributed by atoms with Gasteiger partial charge in [-0.25, -0.2) is 4.79 Å². The van der Waals surface area contributed by atoms with E-state index in [1.54, 1.807) is 0 Å². The maximum Gasteiger partial charge on any atom is 0.346 e. The number of allylic oxidation sites excluding steroid dienone is 2. The first kappa shape index (κ1) is 19.7. The molecule has 1 heterocycles. The van der Waals surface area contributed by atoms with Gasteiger partial charge in [0.05, 0.1) is 30.1 Å². The van der Waals surface area contributed by atoms with E-state index in [0.717, 1.165) is 11.4 Å². The predicted molar refractivity (Wildman–Crippen MR) is 102 cm³/mol. The summed E-state index contributed by atoms with van der Waals surface area (Å²) in [6.45, 7) is 1.39. The average molecular weight is 413 g/mol. The predicted octanol–water partition coefficient (Wildman–Crippen LogP) is 1.68. The number of nitro benzene ring substituents is 1.